The number of halogens is 1. The highest BCUT2D eigenvalue weighted by Gasteiger charge is 2.22. The second-order valence-corrected chi connectivity index (χ2v) is 14.8. The van der Waals surface area contributed by atoms with Gasteiger partial charge in [0.25, 0.3) is 0 Å². The third-order valence-corrected chi connectivity index (χ3v) is 10.9. The Morgan fingerprint density at radius 2 is 0.810 bits per heavy atom. The molecule has 4 nitrogen and oxygen atoms in total. The number of hydrogen-bond donors (Lipinski definition) is 0. The van der Waals surface area contributed by atoms with Crippen molar-refractivity contribution in [1.29, 1.82) is 0 Å². The van der Waals surface area contributed by atoms with Crippen LogP contribution in [-0.2, 0) is 0 Å². The molecule has 8 aromatic carbocycles. The molecule has 0 saturated heterocycles. The van der Waals surface area contributed by atoms with Gasteiger partial charge < -0.3 is 4.57 Å². The highest BCUT2D eigenvalue weighted by atomic mass is 19.1. The van der Waals surface area contributed by atoms with E-state index in [1.54, 1.807) is 6.07 Å². The first-order chi connectivity index (χ1) is 28.5. The van der Waals surface area contributed by atoms with Crippen LogP contribution in [0.4, 0.5) is 4.39 Å². The first-order valence-electron chi connectivity index (χ1n) is 19.5. The van der Waals surface area contributed by atoms with Gasteiger partial charge in [-0.2, -0.15) is 0 Å². The second-order valence-electron chi connectivity index (χ2n) is 14.8. The molecule has 10 rings (SSSR count). The monoisotopic (exact) mass is 748 g/mol. The van der Waals surface area contributed by atoms with Gasteiger partial charge in [0.2, 0.25) is 0 Å². The van der Waals surface area contributed by atoms with Crippen LogP contribution in [0.15, 0.2) is 188 Å². The quantitative estimate of drug-likeness (QED) is 0.163. The van der Waals surface area contributed by atoms with Crippen molar-refractivity contribution in [2.75, 3.05) is 0 Å². The highest BCUT2D eigenvalue weighted by molar-refractivity contribution is 6.11. The molecular weight excluding hydrogens is 712 g/mol. The maximum Gasteiger partial charge on any atom is 0.166 e. The minimum absolute atomic E-state index is 0.287. The van der Waals surface area contributed by atoms with E-state index < -0.39 is 0 Å². The molecule has 0 spiro atoms. The minimum Gasteiger partial charge on any atom is -0.308 e. The molecule has 10 aromatic rings. The van der Waals surface area contributed by atoms with E-state index >= 15 is 4.39 Å². The number of aromatic nitrogens is 4. The average molecular weight is 749 g/mol. The third-order valence-electron chi connectivity index (χ3n) is 10.9. The van der Waals surface area contributed by atoms with Gasteiger partial charge in [0.1, 0.15) is 5.82 Å². The van der Waals surface area contributed by atoms with Crippen molar-refractivity contribution >= 4 is 21.8 Å². The molecule has 0 unspecified atom stereocenters. The lowest BCUT2D eigenvalue weighted by Gasteiger charge is -2.17. The van der Waals surface area contributed by atoms with Crippen LogP contribution in [0.5, 0.6) is 0 Å². The summed E-state index contributed by atoms with van der Waals surface area (Å²) in [6.45, 7) is 4.21. The summed E-state index contributed by atoms with van der Waals surface area (Å²) in [5.74, 6) is 1.37. The van der Waals surface area contributed by atoms with Gasteiger partial charge in [0.05, 0.1) is 16.7 Å². The van der Waals surface area contributed by atoms with Gasteiger partial charge in [0, 0.05) is 33.0 Å². The first kappa shape index (κ1) is 35.0. The Bertz CT molecular complexity index is 2950. The lowest BCUT2D eigenvalue weighted by Crippen LogP contribution is -2.04. The summed E-state index contributed by atoms with van der Waals surface area (Å²) in [7, 11) is 0. The summed E-state index contributed by atoms with van der Waals surface area (Å²) in [5, 5.41) is 2.21. The van der Waals surface area contributed by atoms with E-state index in [4.69, 9.17) is 15.0 Å². The van der Waals surface area contributed by atoms with E-state index in [-0.39, 0.29) is 5.82 Å². The topological polar surface area (TPSA) is 43.6 Å². The second kappa shape index (κ2) is 14.5. The Morgan fingerprint density at radius 3 is 1.33 bits per heavy atom. The molecule has 0 saturated carbocycles. The standard InChI is InChI=1S/C53H37FN4/c1-34-17-21-36(22-18-34)40-25-28-44-45-29-26-41(37-23-19-35(2)20-24-37)32-49(45)58(48(44)31-40)50-33-42(43-15-9-10-16-47(43)54)27-30-46(50)53-56-51(38-11-5-3-6-12-38)55-52(57-53)39-13-7-4-8-14-39/h3-33H,1-2H3. The molecule has 0 aliphatic rings. The van der Waals surface area contributed by atoms with Crippen molar-refractivity contribution in [3.8, 4) is 73.2 Å². The summed E-state index contributed by atoms with van der Waals surface area (Å²) >= 11 is 0. The number of hydrogen-bond acceptors (Lipinski definition) is 3. The summed E-state index contributed by atoms with van der Waals surface area (Å²) in [4.78, 5) is 15.4. The molecule has 0 N–H and O–H groups in total. The van der Waals surface area contributed by atoms with Gasteiger partial charge in [-0.05, 0) is 72.0 Å². The van der Waals surface area contributed by atoms with Crippen molar-refractivity contribution in [2.24, 2.45) is 0 Å². The van der Waals surface area contributed by atoms with Crippen molar-refractivity contribution in [2.45, 2.75) is 13.8 Å². The van der Waals surface area contributed by atoms with Crippen molar-refractivity contribution < 1.29 is 4.39 Å². The smallest absolute Gasteiger partial charge is 0.166 e. The van der Waals surface area contributed by atoms with Crippen LogP contribution in [0.3, 0.4) is 0 Å². The van der Waals surface area contributed by atoms with E-state index in [1.807, 2.05) is 84.9 Å². The largest absolute Gasteiger partial charge is 0.308 e. The number of nitrogens with zero attached hydrogens (tertiary/aromatic N) is 4. The molecule has 5 heteroatoms. The van der Waals surface area contributed by atoms with Crippen LogP contribution < -0.4 is 0 Å². The van der Waals surface area contributed by atoms with Crippen molar-refractivity contribution in [3.63, 3.8) is 0 Å². The zero-order valence-corrected chi connectivity index (χ0v) is 32.1. The SMILES string of the molecule is Cc1ccc(-c2ccc3c4ccc(-c5ccc(C)cc5)cc4n(-c4cc(-c5ccccc5F)ccc4-c4nc(-c5ccccc5)nc(-c5ccccc5)n4)c3c2)cc1. The molecule has 0 atom stereocenters. The molecule has 2 aromatic heterocycles. The summed E-state index contributed by atoms with van der Waals surface area (Å²) in [5.41, 5.74) is 13.5. The number of aryl methyl sites for hydroxylation is 2. The molecule has 0 aliphatic carbocycles. The van der Waals surface area contributed by atoms with Gasteiger partial charge in [-0.25, -0.2) is 19.3 Å². The molecule has 0 fully saturated rings. The summed E-state index contributed by atoms with van der Waals surface area (Å²) < 4.78 is 18.0. The normalized spacial score (nSPS) is 11.4. The number of fused-ring (bicyclic) bond motifs is 3. The lowest BCUT2D eigenvalue weighted by atomic mass is 10.0. The average Bonchev–Trinajstić information content (AvgIpc) is 3.60. The Balaban J connectivity index is 1.31. The van der Waals surface area contributed by atoms with E-state index in [2.05, 4.69) is 109 Å². The molecule has 0 amide bonds. The van der Waals surface area contributed by atoms with Gasteiger partial charge in [0.15, 0.2) is 17.5 Å². The lowest BCUT2D eigenvalue weighted by molar-refractivity contribution is 0.631. The first-order valence-corrected chi connectivity index (χ1v) is 19.5. The minimum atomic E-state index is -0.287. The Kier molecular flexibility index (Phi) is 8.76. The van der Waals surface area contributed by atoms with Crippen LogP contribution in [0.1, 0.15) is 11.1 Å². The van der Waals surface area contributed by atoms with Crippen molar-refractivity contribution in [3.05, 3.63) is 205 Å². The summed E-state index contributed by atoms with van der Waals surface area (Å²) in [6, 6.07) is 63.7. The van der Waals surface area contributed by atoms with E-state index in [0.29, 0.717) is 23.0 Å². The van der Waals surface area contributed by atoms with Crippen LogP contribution in [0.25, 0.3) is 95.0 Å². The Hall–Kier alpha value is -7.50. The number of rotatable bonds is 7. The van der Waals surface area contributed by atoms with E-state index in [0.717, 1.165) is 72.0 Å². The predicted molar refractivity (Wildman–Crippen MR) is 236 cm³/mol. The fourth-order valence-electron chi connectivity index (χ4n) is 7.83. The molecule has 0 bridgehead atoms. The maximum absolute atomic E-state index is 15.7. The van der Waals surface area contributed by atoms with E-state index in [1.165, 1.54) is 17.2 Å². The molecular formula is C53H37FN4. The van der Waals surface area contributed by atoms with E-state index in [9.17, 15) is 0 Å². The van der Waals surface area contributed by atoms with Crippen LogP contribution in [0, 0.1) is 19.7 Å². The van der Waals surface area contributed by atoms with Gasteiger partial charge in [-0.1, -0.05) is 169 Å². The third kappa shape index (κ3) is 6.43. The van der Waals surface area contributed by atoms with Gasteiger partial charge >= 0.3 is 0 Å². The van der Waals surface area contributed by atoms with Crippen LogP contribution in [0.2, 0.25) is 0 Å². The zero-order valence-electron chi connectivity index (χ0n) is 32.1. The molecule has 0 aliphatic heterocycles. The Morgan fingerprint density at radius 1 is 0.362 bits per heavy atom. The summed E-state index contributed by atoms with van der Waals surface area (Å²) in [6.07, 6.45) is 0. The predicted octanol–water partition coefficient (Wildman–Crippen LogP) is 13.7. The fourth-order valence-corrected chi connectivity index (χ4v) is 7.83. The van der Waals surface area contributed by atoms with Crippen LogP contribution in [-0.4, -0.2) is 19.5 Å². The molecule has 276 valence electrons. The molecule has 58 heavy (non-hydrogen) atoms. The maximum atomic E-state index is 15.7. The zero-order chi connectivity index (χ0) is 39.2. The van der Waals surface area contributed by atoms with Gasteiger partial charge in [-0.3, -0.25) is 0 Å². The molecule has 2 heterocycles. The van der Waals surface area contributed by atoms with Crippen molar-refractivity contribution in [1.82, 2.24) is 19.5 Å². The highest BCUT2D eigenvalue weighted by Crippen LogP contribution is 2.41. The fraction of sp³-hybridized carbons (Fsp3) is 0.0377. The number of benzene rings is 8. The van der Waals surface area contributed by atoms with Gasteiger partial charge in [-0.15, -0.1) is 0 Å². The van der Waals surface area contributed by atoms with Crippen LogP contribution >= 0.6 is 0 Å². The molecule has 0 radical (unpaired) electrons. The Labute approximate surface area is 336 Å².